The summed E-state index contributed by atoms with van der Waals surface area (Å²) in [4.78, 5) is 25.9. The first-order chi connectivity index (χ1) is 12.0. The van der Waals surface area contributed by atoms with Gasteiger partial charge in [-0.05, 0) is 49.2 Å². The van der Waals surface area contributed by atoms with Crippen LogP contribution in [0.1, 0.15) is 26.3 Å². The number of nitrogens with zero attached hydrogens (tertiary/aromatic N) is 1. The maximum Gasteiger partial charge on any atom is 0.244 e. The minimum absolute atomic E-state index is 0.0282. The van der Waals surface area contributed by atoms with Crippen molar-refractivity contribution in [2.45, 2.75) is 27.2 Å². The van der Waals surface area contributed by atoms with E-state index in [9.17, 15) is 9.59 Å². The Balaban J connectivity index is 2.09. The van der Waals surface area contributed by atoms with Gasteiger partial charge in [0.25, 0.3) is 0 Å². The number of carbonyl (C=O) groups is 2. The number of anilines is 2. The van der Waals surface area contributed by atoms with Crippen molar-refractivity contribution in [2.75, 3.05) is 23.4 Å². The monoisotopic (exact) mass is 340 g/mol. The summed E-state index contributed by atoms with van der Waals surface area (Å²) in [6.45, 7) is 5.98. The first kappa shape index (κ1) is 18.5. The third-order valence-electron chi connectivity index (χ3n) is 3.79. The molecule has 0 radical (unpaired) electrons. The number of aryl methyl sites for hydroxylation is 1. The second kappa shape index (κ2) is 8.87. The number of nitrogens with one attached hydrogen (secondary N) is 1. The molecule has 1 N–H and O–H groups in total. The Morgan fingerprint density at radius 2 is 1.72 bits per heavy atom. The van der Waals surface area contributed by atoms with Crippen LogP contribution in [0.15, 0.2) is 48.5 Å². The Morgan fingerprint density at radius 3 is 2.32 bits per heavy atom. The maximum atomic E-state index is 12.4. The third-order valence-corrected chi connectivity index (χ3v) is 3.79. The van der Waals surface area contributed by atoms with Crippen molar-refractivity contribution in [3.8, 4) is 5.75 Å². The van der Waals surface area contributed by atoms with Crippen LogP contribution >= 0.6 is 0 Å². The van der Waals surface area contributed by atoms with Gasteiger partial charge in [-0.15, -0.1) is 0 Å². The van der Waals surface area contributed by atoms with Crippen LogP contribution < -0.4 is 15.0 Å². The lowest BCUT2D eigenvalue weighted by Crippen LogP contribution is -2.37. The maximum absolute atomic E-state index is 12.4. The van der Waals surface area contributed by atoms with Gasteiger partial charge in [-0.3, -0.25) is 9.59 Å². The average Bonchev–Trinajstić information content (AvgIpc) is 2.61. The Morgan fingerprint density at radius 1 is 1.04 bits per heavy atom. The quantitative estimate of drug-likeness (QED) is 0.837. The summed E-state index contributed by atoms with van der Waals surface area (Å²) in [5.41, 5.74) is 2.48. The Kier molecular flexibility index (Phi) is 6.57. The SMILES string of the molecule is CCOc1ccc(NC(=O)CN(C(C)=O)c2ccccc2CC)cc1. The van der Waals surface area contributed by atoms with Gasteiger partial charge in [0.2, 0.25) is 11.8 Å². The van der Waals surface area contributed by atoms with Gasteiger partial charge in [0.1, 0.15) is 12.3 Å². The number of benzene rings is 2. The van der Waals surface area contributed by atoms with Gasteiger partial charge in [-0.2, -0.15) is 0 Å². The summed E-state index contributed by atoms with van der Waals surface area (Å²) in [7, 11) is 0. The summed E-state index contributed by atoms with van der Waals surface area (Å²) in [5, 5.41) is 2.82. The number of hydrogen-bond acceptors (Lipinski definition) is 3. The fourth-order valence-electron chi connectivity index (χ4n) is 2.58. The lowest BCUT2D eigenvalue weighted by molar-refractivity contribution is -0.120. The zero-order chi connectivity index (χ0) is 18.2. The number of hydrogen-bond donors (Lipinski definition) is 1. The lowest BCUT2D eigenvalue weighted by atomic mass is 10.1. The van der Waals surface area contributed by atoms with Crippen molar-refractivity contribution in [3.63, 3.8) is 0 Å². The summed E-state index contributed by atoms with van der Waals surface area (Å²) in [6.07, 6.45) is 0.792. The summed E-state index contributed by atoms with van der Waals surface area (Å²) in [5.74, 6) is 0.343. The molecular formula is C20H24N2O3. The number of amides is 2. The van der Waals surface area contributed by atoms with Gasteiger partial charge < -0.3 is 15.0 Å². The van der Waals surface area contributed by atoms with Gasteiger partial charge in [0, 0.05) is 18.3 Å². The molecule has 2 rings (SSSR count). The highest BCUT2D eigenvalue weighted by Crippen LogP contribution is 2.21. The van der Waals surface area contributed by atoms with Crippen LogP contribution in [0.3, 0.4) is 0 Å². The average molecular weight is 340 g/mol. The van der Waals surface area contributed by atoms with Crippen LogP contribution in [-0.2, 0) is 16.0 Å². The van der Waals surface area contributed by atoms with Gasteiger partial charge in [-0.25, -0.2) is 0 Å². The van der Waals surface area contributed by atoms with Gasteiger partial charge in [0.05, 0.1) is 6.61 Å². The lowest BCUT2D eigenvalue weighted by Gasteiger charge is -2.23. The van der Waals surface area contributed by atoms with E-state index < -0.39 is 0 Å². The van der Waals surface area contributed by atoms with E-state index in [0.717, 1.165) is 23.4 Å². The predicted octanol–water partition coefficient (Wildman–Crippen LogP) is 3.64. The van der Waals surface area contributed by atoms with E-state index in [-0.39, 0.29) is 18.4 Å². The second-order valence-corrected chi connectivity index (χ2v) is 5.59. The van der Waals surface area contributed by atoms with Crippen LogP contribution in [0, 0.1) is 0 Å². The van der Waals surface area contributed by atoms with Crippen molar-refractivity contribution >= 4 is 23.2 Å². The van der Waals surface area contributed by atoms with E-state index in [4.69, 9.17) is 4.74 Å². The summed E-state index contributed by atoms with van der Waals surface area (Å²) >= 11 is 0. The standard InChI is InChI=1S/C20H24N2O3/c1-4-16-8-6-7-9-19(16)22(15(3)23)14-20(24)21-17-10-12-18(13-11-17)25-5-2/h6-13H,4-5,14H2,1-3H3,(H,21,24). The minimum Gasteiger partial charge on any atom is -0.494 e. The number of carbonyl (C=O) groups excluding carboxylic acids is 2. The van der Waals surface area contributed by atoms with Gasteiger partial charge in [-0.1, -0.05) is 25.1 Å². The van der Waals surface area contributed by atoms with E-state index in [1.54, 1.807) is 24.3 Å². The number of ether oxygens (including phenoxy) is 1. The number of rotatable bonds is 7. The molecule has 2 amide bonds. The van der Waals surface area contributed by atoms with Crippen molar-refractivity contribution in [2.24, 2.45) is 0 Å². The first-order valence-electron chi connectivity index (χ1n) is 8.43. The van der Waals surface area contributed by atoms with Crippen molar-refractivity contribution in [1.29, 1.82) is 0 Å². The highest BCUT2D eigenvalue weighted by molar-refractivity contribution is 6.02. The molecule has 5 nitrogen and oxygen atoms in total. The van der Waals surface area contributed by atoms with E-state index in [2.05, 4.69) is 5.32 Å². The molecular weight excluding hydrogens is 316 g/mol. The molecule has 0 aliphatic carbocycles. The molecule has 0 spiro atoms. The Bertz CT molecular complexity index is 726. The van der Waals surface area contributed by atoms with Crippen LogP contribution in [0.5, 0.6) is 5.75 Å². The van der Waals surface area contributed by atoms with Crippen LogP contribution in [-0.4, -0.2) is 25.0 Å². The van der Waals surface area contributed by atoms with Crippen LogP contribution in [0.2, 0.25) is 0 Å². The molecule has 0 saturated heterocycles. The Hall–Kier alpha value is -2.82. The van der Waals surface area contributed by atoms with E-state index in [1.165, 1.54) is 11.8 Å². The number of para-hydroxylation sites is 1. The third kappa shape index (κ3) is 5.08. The van der Waals surface area contributed by atoms with Crippen molar-refractivity contribution in [3.05, 3.63) is 54.1 Å². The molecule has 2 aromatic carbocycles. The molecule has 0 heterocycles. The normalized spacial score (nSPS) is 10.2. The molecule has 0 aliphatic heterocycles. The molecule has 0 bridgehead atoms. The largest absolute Gasteiger partial charge is 0.494 e. The van der Waals surface area contributed by atoms with E-state index in [1.807, 2.05) is 38.1 Å². The second-order valence-electron chi connectivity index (χ2n) is 5.59. The van der Waals surface area contributed by atoms with E-state index in [0.29, 0.717) is 12.3 Å². The molecule has 0 unspecified atom stereocenters. The summed E-state index contributed by atoms with van der Waals surface area (Å²) in [6, 6.07) is 14.8. The van der Waals surface area contributed by atoms with E-state index >= 15 is 0 Å². The Labute approximate surface area is 148 Å². The predicted molar refractivity (Wildman–Crippen MR) is 100 cm³/mol. The zero-order valence-electron chi connectivity index (χ0n) is 14.9. The molecule has 0 aromatic heterocycles. The molecule has 5 heteroatoms. The molecule has 0 aliphatic rings. The molecule has 2 aromatic rings. The minimum atomic E-state index is -0.245. The van der Waals surface area contributed by atoms with Crippen LogP contribution in [0.4, 0.5) is 11.4 Å². The van der Waals surface area contributed by atoms with Gasteiger partial charge in [0.15, 0.2) is 0 Å². The highest BCUT2D eigenvalue weighted by atomic mass is 16.5. The van der Waals surface area contributed by atoms with Crippen LogP contribution in [0.25, 0.3) is 0 Å². The smallest absolute Gasteiger partial charge is 0.244 e. The fourth-order valence-corrected chi connectivity index (χ4v) is 2.58. The van der Waals surface area contributed by atoms with Crippen molar-refractivity contribution in [1.82, 2.24) is 0 Å². The van der Waals surface area contributed by atoms with Gasteiger partial charge >= 0.3 is 0 Å². The first-order valence-corrected chi connectivity index (χ1v) is 8.43. The molecule has 0 atom stereocenters. The van der Waals surface area contributed by atoms with Crippen molar-refractivity contribution < 1.29 is 14.3 Å². The molecule has 25 heavy (non-hydrogen) atoms. The fraction of sp³-hybridized carbons (Fsp3) is 0.300. The molecule has 0 fully saturated rings. The zero-order valence-corrected chi connectivity index (χ0v) is 14.9. The highest BCUT2D eigenvalue weighted by Gasteiger charge is 2.18. The molecule has 0 saturated carbocycles. The topological polar surface area (TPSA) is 58.6 Å². The molecule has 132 valence electrons. The summed E-state index contributed by atoms with van der Waals surface area (Å²) < 4.78 is 5.38.